The molecule has 0 bridgehead atoms. The number of aromatic nitrogens is 3. The Labute approximate surface area is 153 Å². The summed E-state index contributed by atoms with van der Waals surface area (Å²) in [6.07, 6.45) is 11.8. The second-order valence-corrected chi connectivity index (χ2v) is 7.69. The summed E-state index contributed by atoms with van der Waals surface area (Å²) in [7, 11) is 0. The first kappa shape index (κ1) is 16.0. The van der Waals surface area contributed by atoms with E-state index in [0.717, 1.165) is 56.4 Å². The summed E-state index contributed by atoms with van der Waals surface area (Å²) in [6, 6.07) is 4.77. The van der Waals surface area contributed by atoms with E-state index in [4.69, 9.17) is 5.10 Å². The monoisotopic (exact) mass is 351 g/mol. The maximum Gasteiger partial charge on any atom is 0.228 e. The Morgan fingerprint density at radius 3 is 2.58 bits per heavy atom. The van der Waals surface area contributed by atoms with Gasteiger partial charge in [0, 0.05) is 44.7 Å². The van der Waals surface area contributed by atoms with Gasteiger partial charge in [-0.3, -0.25) is 14.6 Å². The highest BCUT2D eigenvalue weighted by molar-refractivity contribution is 5.94. The summed E-state index contributed by atoms with van der Waals surface area (Å²) in [5, 5.41) is 4.83. The molecule has 2 aromatic rings. The van der Waals surface area contributed by atoms with E-state index in [-0.39, 0.29) is 5.91 Å². The van der Waals surface area contributed by atoms with Crippen molar-refractivity contribution in [3.05, 3.63) is 35.8 Å². The highest BCUT2D eigenvalue weighted by Crippen LogP contribution is 2.27. The predicted octanol–water partition coefficient (Wildman–Crippen LogP) is 2.35. The van der Waals surface area contributed by atoms with E-state index in [2.05, 4.69) is 16.1 Å². The molecule has 0 atom stereocenters. The van der Waals surface area contributed by atoms with Gasteiger partial charge in [0.25, 0.3) is 0 Å². The van der Waals surface area contributed by atoms with Crippen LogP contribution in [0.4, 0.5) is 5.82 Å². The minimum Gasteiger partial charge on any atom is -0.300 e. The molecule has 0 N–H and O–H groups in total. The number of fused-ring (bicyclic) bond motifs is 1. The lowest BCUT2D eigenvalue weighted by Gasteiger charge is -2.36. The van der Waals surface area contributed by atoms with Crippen molar-refractivity contribution >= 4 is 11.7 Å². The van der Waals surface area contributed by atoms with E-state index in [0.29, 0.717) is 6.42 Å². The number of carbonyl (C=O) groups excluding carboxylic acids is 1. The summed E-state index contributed by atoms with van der Waals surface area (Å²) in [5.41, 5.74) is 3.56. The first-order valence-electron chi connectivity index (χ1n) is 9.86. The Balaban J connectivity index is 1.32. The van der Waals surface area contributed by atoms with Crippen molar-refractivity contribution < 1.29 is 4.79 Å². The molecule has 4 heterocycles. The smallest absolute Gasteiger partial charge is 0.228 e. The van der Waals surface area contributed by atoms with Crippen LogP contribution in [-0.4, -0.2) is 51.2 Å². The number of amides is 1. The molecule has 1 aliphatic carbocycles. The molecule has 1 amide bonds. The number of rotatable bonds is 3. The Morgan fingerprint density at radius 1 is 1.00 bits per heavy atom. The van der Waals surface area contributed by atoms with Crippen molar-refractivity contribution in [2.45, 2.75) is 51.0 Å². The zero-order valence-electron chi connectivity index (χ0n) is 15.1. The molecule has 6 nitrogen and oxygen atoms in total. The van der Waals surface area contributed by atoms with Crippen LogP contribution in [0.25, 0.3) is 5.69 Å². The Bertz CT molecular complexity index is 783. The Hall–Kier alpha value is -2.21. The van der Waals surface area contributed by atoms with Crippen LogP contribution in [0.5, 0.6) is 0 Å². The first-order chi connectivity index (χ1) is 12.8. The summed E-state index contributed by atoms with van der Waals surface area (Å²) >= 11 is 0. The van der Waals surface area contributed by atoms with Gasteiger partial charge in [0.2, 0.25) is 5.91 Å². The van der Waals surface area contributed by atoms with Crippen LogP contribution in [0.15, 0.2) is 24.5 Å². The van der Waals surface area contributed by atoms with E-state index in [1.54, 1.807) is 4.90 Å². The third-order valence-electron chi connectivity index (χ3n) is 6.12. The molecule has 0 aromatic carbocycles. The molecule has 0 radical (unpaired) electrons. The van der Waals surface area contributed by atoms with Crippen LogP contribution in [0.1, 0.15) is 43.4 Å². The molecular formula is C20H25N5O. The van der Waals surface area contributed by atoms with E-state index in [1.165, 1.54) is 30.5 Å². The van der Waals surface area contributed by atoms with Crippen molar-refractivity contribution in [1.29, 1.82) is 0 Å². The molecule has 1 saturated carbocycles. The highest BCUT2D eigenvalue weighted by atomic mass is 16.2. The van der Waals surface area contributed by atoms with Gasteiger partial charge in [0.15, 0.2) is 0 Å². The van der Waals surface area contributed by atoms with Crippen molar-refractivity contribution in [1.82, 2.24) is 19.7 Å². The SMILES string of the molecule is O=C1CCCN1c1ccc(-n2cc3c(n2)CCN(C2CCC2)CC3)cn1. The van der Waals surface area contributed by atoms with Crippen LogP contribution in [-0.2, 0) is 17.6 Å². The molecule has 136 valence electrons. The van der Waals surface area contributed by atoms with Gasteiger partial charge in [-0.25, -0.2) is 9.67 Å². The van der Waals surface area contributed by atoms with Crippen molar-refractivity contribution in [2.75, 3.05) is 24.5 Å². The summed E-state index contributed by atoms with van der Waals surface area (Å²) in [4.78, 5) is 20.8. The minimum atomic E-state index is 0.173. The molecule has 2 aliphatic heterocycles. The number of nitrogens with zero attached hydrogens (tertiary/aromatic N) is 5. The first-order valence-corrected chi connectivity index (χ1v) is 9.86. The van der Waals surface area contributed by atoms with E-state index < -0.39 is 0 Å². The summed E-state index contributed by atoms with van der Waals surface area (Å²) < 4.78 is 1.95. The Kier molecular flexibility index (Phi) is 4.00. The second kappa shape index (κ2) is 6.50. The number of pyridine rings is 1. The molecule has 2 fully saturated rings. The zero-order chi connectivity index (χ0) is 17.5. The molecule has 0 unspecified atom stereocenters. The zero-order valence-corrected chi connectivity index (χ0v) is 15.1. The maximum absolute atomic E-state index is 11.9. The molecule has 6 heteroatoms. The fourth-order valence-corrected chi connectivity index (χ4v) is 4.30. The second-order valence-electron chi connectivity index (χ2n) is 7.69. The lowest BCUT2D eigenvalue weighted by atomic mass is 9.91. The van der Waals surface area contributed by atoms with Gasteiger partial charge in [-0.2, -0.15) is 5.10 Å². The number of anilines is 1. The molecule has 5 rings (SSSR count). The molecule has 1 saturated heterocycles. The van der Waals surface area contributed by atoms with Gasteiger partial charge in [-0.1, -0.05) is 6.42 Å². The average Bonchev–Trinajstić information content (AvgIpc) is 3.17. The molecule has 26 heavy (non-hydrogen) atoms. The normalized spacial score (nSPS) is 21.5. The van der Waals surface area contributed by atoms with Gasteiger partial charge in [0.1, 0.15) is 5.82 Å². The molecular weight excluding hydrogens is 326 g/mol. The van der Waals surface area contributed by atoms with Gasteiger partial charge in [0.05, 0.1) is 17.6 Å². The van der Waals surface area contributed by atoms with Crippen molar-refractivity contribution in [3.63, 3.8) is 0 Å². The van der Waals surface area contributed by atoms with Crippen LogP contribution < -0.4 is 4.90 Å². The van der Waals surface area contributed by atoms with Gasteiger partial charge < -0.3 is 0 Å². The van der Waals surface area contributed by atoms with E-state index >= 15 is 0 Å². The Morgan fingerprint density at radius 2 is 1.88 bits per heavy atom. The third kappa shape index (κ3) is 2.82. The van der Waals surface area contributed by atoms with E-state index in [9.17, 15) is 4.79 Å². The van der Waals surface area contributed by atoms with Crippen LogP contribution >= 0.6 is 0 Å². The highest BCUT2D eigenvalue weighted by Gasteiger charge is 2.27. The van der Waals surface area contributed by atoms with E-state index in [1.807, 2.05) is 23.0 Å². The molecule has 0 spiro atoms. The van der Waals surface area contributed by atoms with Crippen molar-refractivity contribution in [3.8, 4) is 5.69 Å². The summed E-state index contributed by atoms with van der Waals surface area (Å²) in [5.74, 6) is 0.924. The van der Waals surface area contributed by atoms with Crippen LogP contribution in [0, 0.1) is 0 Å². The molecule has 2 aromatic heterocycles. The number of hydrogen-bond donors (Lipinski definition) is 0. The lowest BCUT2D eigenvalue weighted by Crippen LogP contribution is -2.41. The topological polar surface area (TPSA) is 54.3 Å². The minimum absolute atomic E-state index is 0.173. The number of carbonyl (C=O) groups is 1. The van der Waals surface area contributed by atoms with Crippen LogP contribution in [0.2, 0.25) is 0 Å². The van der Waals surface area contributed by atoms with Gasteiger partial charge >= 0.3 is 0 Å². The molecule has 3 aliphatic rings. The summed E-state index contributed by atoms with van der Waals surface area (Å²) in [6.45, 7) is 3.05. The van der Waals surface area contributed by atoms with Gasteiger partial charge in [-0.15, -0.1) is 0 Å². The van der Waals surface area contributed by atoms with Crippen LogP contribution in [0.3, 0.4) is 0 Å². The maximum atomic E-state index is 11.9. The number of hydrogen-bond acceptors (Lipinski definition) is 4. The fraction of sp³-hybridized carbons (Fsp3) is 0.550. The quantitative estimate of drug-likeness (QED) is 0.852. The third-order valence-corrected chi connectivity index (χ3v) is 6.12. The predicted molar refractivity (Wildman–Crippen MR) is 99.6 cm³/mol. The van der Waals surface area contributed by atoms with Crippen molar-refractivity contribution in [2.24, 2.45) is 0 Å². The fourth-order valence-electron chi connectivity index (χ4n) is 4.30. The lowest BCUT2D eigenvalue weighted by molar-refractivity contribution is -0.117. The standard InChI is InChI=1S/C20H25N5O/c26-20-5-2-10-24(20)19-7-6-17(13-21-19)25-14-15-8-11-23(16-3-1-4-16)12-9-18(15)22-25/h6-7,13-14,16H,1-5,8-12H2. The van der Waals surface area contributed by atoms with Gasteiger partial charge in [-0.05, 0) is 43.4 Å². The average molecular weight is 351 g/mol. The largest absolute Gasteiger partial charge is 0.300 e.